The molecule has 2 heterocycles. The van der Waals surface area contributed by atoms with Crippen LogP contribution in [0.2, 0.25) is 0 Å². The molecule has 1 N–H and O–H groups in total. The van der Waals surface area contributed by atoms with E-state index >= 15 is 0 Å². The van der Waals surface area contributed by atoms with Gasteiger partial charge in [0.1, 0.15) is 0 Å². The maximum atomic E-state index is 12.8. The predicted molar refractivity (Wildman–Crippen MR) is 96.2 cm³/mol. The molecule has 26 heavy (non-hydrogen) atoms. The van der Waals surface area contributed by atoms with Crippen LogP contribution in [0.15, 0.2) is 24.3 Å². The van der Waals surface area contributed by atoms with Crippen molar-refractivity contribution in [1.82, 2.24) is 9.80 Å². The number of hydrogen-bond donors (Lipinski definition) is 1. The van der Waals surface area contributed by atoms with Crippen LogP contribution in [0.5, 0.6) is 0 Å². The van der Waals surface area contributed by atoms with Crippen LogP contribution in [0.3, 0.4) is 0 Å². The lowest BCUT2D eigenvalue weighted by atomic mass is 9.72. The number of rotatable bonds is 4. The summed E-state index contributed by atoms with van der Waals surface area (Å²) in [6.07, 6.45) is 3.78. The minimum absolute atomic E-state index is 0.0783. The lowest BCUT2D eigenvalue weighted by Gasteiger charge is -2.47. The molecule has 0 bridgehead atoms. The fraction of sp³-hybridized carbons (Fsp3) is 0.550. The third kappa shape index (κ3) is 3.73. The summed E-state index contributed by atoms with van der Waals surface area (Å²) in [6, 6.07) is 9.02. The largest absolute Gasteiger partial charge is 0.396 e. The minimum Gasteiger partial charge on any atom is -0.396 e. The van der Waals surface area contributed by atoms with Crippen molar-refractivity contribution in [2.75, 3.05) is 32.8 Å². The quantitative estimate of drug-likeness (QED) is 0.892. The zero-order valence-electron chi connectivity index (χ0n) is 15.0. The highest BCUT2D eigenvalue weighted by atomic mass is 16.3. The Balaban J connectivity index is 1.64. The molecule has 0 saturated carbocycles. The van der Waals surface area contributed by atoms with E-state index in [1.807, 2.05) is 9.80 Å². The molecule has 0 aliphatic carbocycles. The lowest BCUT2D eigenvalue weighted by molar-refractivity contribution is -0.139. The lowest BCUT2D eigenvalue weighted by Crippen LogP contribution is -2.52. The summed E-state index contributed by atoms with van der Waals surface area (Å²) in [5.41, 5.74) is 0.958. The minimum atomic E-state index is -0.0824. The molecule has 1 spiro atoms. The van der Waals surface area contributed by atoms with Crippen LogP contribution in [-0.2, 0) is 4.79 Å². The summed E-state index contributed by atoms with van der Waals surface area (Å²) < 4.78 is 0. The van der Waals surface area contributed by atoms with Crippen LogP contribution in [0.25, 0.3) is 0 Å². The van der Waals surface area contributed by atoms with E-state index in [2.05, 4.69) is 6.07 Å². The molecule has 6 nitrogen and oxygen atoms in total. The summed E-state index contributed by atoms with van der Waals surface area (Å²) in [7, 11) is 0. The monoisotopic (exact) mass is 355 g/mol. The fourth-order valence-electron chi connectivity index (χ4n) is 4.10. The molecule has 2 amide bonds. The molecule has 2 fully saturated rings. The molecular formula is C20H25N3O3. The number of nitrogens with zero attached hydrogens (tertiary/aromatic N) is 3. The highest BCUT2D eigenvalue weighted by Crippen LogP contribution is 2.40. The van der Waals surface area contributed by atoms with Gasteiger partial charge in [-0.1, -0.05) is 12.1 Å². The van der Waals surface area contributed by atoms with Gasteiger partial charge < -0.3 is 14.9 Å². The number of aliphatic hydroxyl groups excluding tert-OH is 1. The highest BCUT2D eigenvalue weighted by Gasteiger charge is 2.41. The van der Waals surface area contributed by atoms with E-state index in [1.165, 1.54) is 0 Å². The Morgan fingerprint density at radius 1 is 1.23 bits per heavy atom. The van der Waals surface area contributed by atoms with Crippen molar-refractivity contribution in [2.45, 2.75) is 32.1 Å². The average Bonchev–Trinajstić information content (AvgIpc) is 2.69. The number of amides is 2. The molecule has 0 radical (unpaired) electrons. The molecule has 0 atom stereocenters. The summed E-state index contributed by atoms with van der Waals surface area (Å²) in [5, 5.41) is 18.2. The van der Waals surface area contributed by atoms with E-state index in [1.54, 1.807) is 24.3 Å². The first kappa shape index (κ1) is 18.4. The van der Waals surface area contributed by atoms with E-state index in [0.29, 0.717) is 43.6 Å². The van der Waals surface area contributed by atoms with Gasteiger partial charge in [-0.25, -0.2) is 0 Å². The van der Waals surface area contributed by atoms with E-state index in [0.717, 1.165) is 25.8 Å². The number of nitriles is 1. The Labute approximate surface area is 154 Å². The van der Waals surface area contributed by atoms with Gasteiger partial charge in [-0.2, -0.15) is 5.26 Å². The normalized spacial score (nSPS) is 19.5. The molecule has 3 rings (SSSR count). The summed E-state index contributed by atoms with van der Waals surface area (Å²) in [5.74, 6) is 0.0894. The van der Waals surface area contributed by atoms with Gasteiger partial charge in [-0.15, -0.1) is 0 Å². The van der Waals surface area contributed by atoms with E-state index in [4.69, 9.17) is 5.11 Å². The van der Waals surface area contributed by atoms with Gasteiger partial charge in [0.15, 0.2) is 0 Å². The van der Waals surface area contributed by atoms with Crippen LogP contribution in [0.1, 0.15) is 48.0 Å². The molecule has 2 aliphatic heterocycles. The van der Waals surface area contributed by atoms with Gasteiger partial charge in [-0.05, 0) is 43.2 Å². The number of piperidine rings is 2. The molecule has 2 aliphatic rings. The topological polar surface area (TPSA) is 84.6 Å². The Kier molecular flexibility index (Phi) is 5.58. The first-order valence-corrected chi connectivity index (χ1v) is 9.26. The number of hydrogen-bond acceptors (Lipinski definition) is 4. The van der Waals surface area contributed by atoms with Crippen molar-refractivity contribution >= 4 is 11.8 Å². The average molecular weight is 355 g/mol. The second kappa shape index (κ2) is 7.88. The molecule has 1 aromatic rings. The molecule has 0 unspecified atom stereocenters. The van der Waals surface area contributed by atoms with Gasteiger partial charge in [-0.3, -0.25) is 9.59 Å². The Morgan fingerprint density at radius 3 is 2.65 bits per heavy atom. The smallest absolute Gasteiger partial charge is 0.255 e. The van der Waals surface area contributed by atoms with Crippen LogP contribution < -0.4 is 0 Å². The van der Waals surface area contributed by atoms with Crippen LogP contribution in [0, 0.1) is 16.7 Å². The molecule has 1 aromatic carbocycles. The zero-order chi connectivity index (χ0) is 18.6. The van der Waals surface area contributed by atoms with Gasteiger partial charge in [0.05, 0.1) is 17.2 Å². The second-order valence-corrected chi connectivity index (χ2v) is 7.34. The van der Waals surface area contributed by atoms with Crippen molar-refractivity contribution < 1.29 is 14.7 Å². The standard InChI is InChI=1S/C20H25N3O3/c21-14-16-4-1-2-5-17(16)19(26)22-11-8-20(9-12-22)7-6-18(25)23(15-20)10-3-13-24/h1-2,4-5,24H,3,6-13,15H2. The fourth-order valence-corrected chi connectivity index (χ4v) is 4.10. The highest BCUT2D eigenvalue weighted by molar-refractivity contribution is 5.96. The predicted octanol–water partition coefficient (Wildman–Crippen LogP) is 1.79. The third-order valence-corrected chi connectivity index (χ3v) is 5.72. The van der Waals surface area contributed by atoms with Crippen LogP contribution in [0.4, 0.5) is 0 Å². The van der Waals surface area contributed by atoms with Gasteiger partial charge in [0, 0.05) is 39.2 Å². The number of benzene rings is 1. The second-order valence-electron chi connectivity index (χ2n) is 7.34. The van der Waals surface area contributed by atoms with Crippen molar-refractivity contribution in [3.8, 4) is 6.07 Å². The van der Waals surface area contributed by atoms with Gasteiger partial charge >= 0.3 is 0 Å². The number of likely N-dealkylation sites (tertiary alicyclic amines) is 2. The number of aliphatic hydroxyl groups is 1. The van der Waals surface area contributed by atoms with E-state index in [-0.39, 0.29) is 23.8 Å². The van der Waals surface area contributed by atoms with Gasteiger partial charge in [0.2, 0.25) is 5.91 Å². The van der Waals surface area contributed by atoms with Crippen molar-refractivity contribution in [3.05, 3.63) is 35.4 Å². The van der Waals surface area contributed by atoms with E-state index < -0.39 is 0 Å². The summed E-state index contributed by atoms with van der Waals surface area (Å²) in [6.45, 7) is 2.73. The van der Waals surface area contributed by atoms with Crippen molar-refractivity contribution in [3.63, 3.8) is 0 Å². The summed E-state index contributed by atoms with van der Waals surface area (Å²) >= 11 is 0. The Morgan fingerprint density at radius 2 is 1.96 bits per heavy atom. The number of carbonyl (C=O) groups is 2. The molecule has 138 valence electrons. The first-order chi connectivity index (χ1) is 12.6. The zero-order valence-corrected chi connectivity index (χ0v) is 15.0. The molecule has 6 heteroatoms. The Hall–Kier alpha value is -2.39. The summed E-state index contributed by atoms with van der Waals surface area (Å²) in [4.78, 5) is 28.6. The molecule has 0 aromatic heterocycles. The number of carbonyl (C=O) groups excluding carboxylic acids is 2. The van der Waals surface area contributed by atoms with Crippen molar-refractivity contribution in [1.29, 1.82) is 5.26 Å². The Bertz CT molecular complexity index is 717. The van der Waals surface area contributed by atoms with Crippen LogP contribution >= 0.6 is 0 Å². The SMILES string of the molecule is N#Cc1ccccc1C(=O)N1CCC2(CCC(=O)N(CCCO)C2)CC1. The molecular weight excluding hydrogens is 330 g/mol. The maximum absolute atomic E-state index is 12.8. The van der Waals surface area contributed by atoms with E-state index in [9.17, 15) is 14.9 Å². The first-order valence-electron chi connectivity index (χ1n) is 9.26. The third-order valence-electron chi connectivity index (χ3n) is 5.72. The maximum Gasteiger partial charge on any atom is 0.255 e. The van der Waals surface area contributed by atoms with Gasteiger partial charge in [0.25, 0.3) is 5.91 Å². The molecule has 2 saturated heterocycles. The van der Waals surface area contributed by atoms with Crippen LogP contribution in [-0.4, -0.2) is 59.5 Å². The van der Waals surface area contributed by atoms with Crippen molar-refractivity contribution in [2.24, 2.45) is 5.41 Å².